The number of amides is 1. The minimum absolute atomic E-state index is 0.294. The number of carbonyl (C=O) groups is 2. The van der Waals surface area contributed by atoms with E-state index < -0.39 is 17.4 Å². The molecule has 0 aliphatic carbocycles. The molecule has 0 atom stereocenters. The fraction of sp³-hybridized carbons (Fsp3) is 0.385. The predicted molar refractivity (Wildman–Crippen MR) is 64.6 cm³/mol. The van der Waals surface area contributed by atoms with Gasteiger partial charge in [0, 0.05) is 5.54 Å². The van der Waals surface area contributed by atoms with Crippen molar-refractivity contribution < 1.29 is 19.1 Å². The minimum Gasteiger partial charge on any atom is -0.474 e. The number of aryl methyl sites for hydroxylation is 1. The number of halogens is 1. The zero-order valence-corrected chi connectivity index (χ0v) is 10.4. The highest BCUT2D eigenvalue weighted by molar-refractivity contribution is 6.31. The summed E-state index contributed by atoms with van der Waals surface area (Å²) < 4.78 is 12.7. The standard InChI is InChI=1S/C13H16FNO3/c1-13(2,15-11(16)12(17)18)8-7-9-3-5-10(14)6-4-9/h3-6H,7-8H2,1-2H3,(H,15,16)(H,17,18). The van der Waals surface area contributed by atoms with Crippen LogP contribution in [0.3, 0.4) is 0 Å². The van der Waals surface area contributed by atoms with Gasteiger partial charge in [-0.05, 0) is 44.4 Å². The number of hydrogen-bond donors (Lipinski definition) is 2. The lowest BCUT2D eigenvalue weighted by molar-refractivity contribution is -0.151. The molecule has 0 heterocycles. The van der Waals surface area contributed by atoms with Gasteiger partial charge in [-0.3, -0.25) is 4.79 Å². The van der Waals surface area contributed by atoms with Crippen LogP contribution in [0.4, 0.5) is 4.39 Å². The predicted octanol–water partition coefficient (Wildman–Crippen LogP) is 1.74. The molecule has 1 amide bonds. The van der Waals surface area contributed by atoms with E-state index in [4.69, 9.17) is 5.11 Å². The number of benzene rings is 1. The van der Waals surface area contributed by atoms with E-state index in [9.17, 15) is 14.0 Å². The van der Waals surface area contributed by atoms with E-state index in [-0.39, 0.29) is 5.82 Å². The lowest BCUT2D eigenvalue weighted by Gasteiger charge is -2.25. The molecule has 0 saturated carbocycles. The van der Waals surface area contributed by atoms with Crippen molar-refractivity contribution in [3.8, 4) is 0 Å². The molecular weight excluding hydrogens is 237 g/mol. The fourth-order valence-electron chi connectivity index (χ4n) is 1.53. The van der Waals surface area contributed by atoms with E-state index in [1.807, 2.05) is 0 Å². The monoisotopic (exact) mass is 253 g/mol. The number of carboxylic acid groups (broad SMARTS) is 1. The van der Waals surface area contributed by atoms with E-state index >= 15 is 0 Å². The van der Waals surface area contributed by atoms with Crippen LogP contribution in [-0.2, 0) is 16.0 Å². The molecule has 0 bridgehead atoms. The SMILES string of the molecule is CC(C)(CCc1ccc(F)cc1)NC(=O)C(=O)O. The van der Waals surface area contributed by atoms with E-state index in [0.29, 0.717) is 12.8 Å². The topological polar surface area (TPSA) is 66.4 Å². The van der Waals surface area contributed by atoms with Crippen LogP contribution in [0.15, 0.2) is 24.3 Å². The Morgan fingerprint density at radius 3 is 2.33 bits per heavy atom. The van der Waals surface area contributed by atoms with Gasteiger partial charge in [-0.2, -0.15) is 0 Å². The summed E-state index contributed by atoms with van der Waals surface area (Å²) in [6.45, 7) is 3.49. The molecule has 0 aliphatic rings. The fourth-order valence-corrected chi connectivity index (χ4v) is 1.53. The van der Waals surface area contributed by atoms with Crippen molar-refractivity contribution in [3.05, 3.63) is 35.6 Å². The Labute approximate surface area is 105 Å². The van der Waals surface area contributed by atoms with Crippen molar-refractivity contribution in [3.63, 3.8) is 0 Å². The van der Waals surface area contributed by atoms with Gasteiger partial charge in [-0.1, -0.05) is 12.1 Å². The molecule has 0 aromatic heterocycles. The quantitative estimate of drug-likeness (QED) is 0.803. The summed E-state index contributed by atoms with van der Waals surface area (Å²) in [5.74, 6) is -2.80. The van der Waals surface area contributed by atoms with Gasteiger partial charge in [0.25, 0.3) is 0 Å². The van der Waals surface area contributed by atoms with Gasteiger partial charge in [0.1, 0.15) is 5.82 Å². The molecule has 5 heteroatoms. The van der Waals surface area contributed by atoms with Crippen LogP contribution in [0, 0.1) is 5.82 Å². The third-order valence-electron chi connectivity index (χ3n) is 2.60. The van der Waals surface area contributed by atoms with Gasteiger partial charge >= 0.3 is 11.9 Å². The highest BCUT2D eigenvalue weighted by atomic mass is 19.1. The number of carbonyl (C=O) groups excluding carboxylic acids is 1. The number of nitrogens with one attached hydrogen (secondary N) is 1. The van der Waals surface area contributed by atoms with Gasteiger partial charge < -0.3 is 10.4 Å². The Balaban J connectivity index is 2.53. The first-order chi connectivity index (χ1) is 8.30. The third kappa shape index (κ3) is 4.53. The second-order valence-corrected chi connectivity index (χ2v) is 4.77. The Hall–Kier alpha value is -1.91. The molecule has 0 aliphatic heterocycles. The molecule has 0 saturated heterocycles. The molecule has 0 radical (unpaired) electrons. The second-order valence-electron chi connectivity index (χ2n) is 4.77. The summed E-state index contributed by atoms with van der Waals surface area (Å²) in [5.41, 5.74) is 0.318. The van der Waals surface area contributed by atoms with Crippen molar-refractivity contribution in [1.29, 1.82) is 0 Å². The molecule has 0 spiro atoms. The Kier molecular flexibility index (Phi) is 4.42. The first kappa shape index (κ1) is 14.2. The molecular formula is C13H16FNO3. The van der Waals surface area contributed by atoms with E-state index in [2.05, 4.69) is 5.32 Å². The molecule has 98 valence electrons. The van der Waals surface area contributed by atoms with Crippen LogP contribution in [-0.4, -0.2) is 22.5 Å². The van der Waals surface area contributed by atoms with E-state index in [1.165, 1.54) is 12.1 Å². The van der Waals surface area contributed by atoms with E-state index in [0.717, 1.165) is 5.56 Å². The normalized spacial score (nSPS) is 11.1. The zero-order valence-electron chi connectivity index (χ0n) is 10.4. The van der Waals surface area contributed by atoms with Gasteiger partial charge in [-0.25, -0.2) is 9.18 Å². The van der Waals surface area contributed by atoms with Crippen molar-refractivity contribution >= 4 is 11.9 Å². The van der Waals surface area contributed by atoms with Crippen molar-refractivity contribution in [2.45, 2.75) is 32.2 Å². The van der Waals surface area contributed by atoms with Crippen LogP contribution >= 0.6 is 0 Å². The highest BCUT2D eigenvalue weighted by Crippen LogP contribution is 2.14. The van der Waals surface area contributed by atoms with Crippen LogP contribution in [0.1, 0.15) is 25.8 Å². The summed E-state index contributed by atoms with van der Waals surface area (Å²) in [5, 5.41) is 10.9. The highest BCUT2D eigenvalue weighted by Gasteiger charge is 2.23. The lowest BCUT2D eigenvalue weighted by atomic mass is 9.95. The number of aliphatic carboxylic acids is 1. The zero-order chi connectivity index (χ0) is 13.8. The number of rotatable bonds is 4. The molecule has 4 nitrogen and oxygen atoms in total. The van der Waals surface area contributed by atoms with Crippen molar-refractivity contribution in [2.75, 3.05) is 0 Å². The molecule has 18 heavy (non-hydrogen) atoms. The van der Waals surface area contributed by atoms with Crippen molar-refractivity contribution in [2.24, 2.45) is 0 Å². The summed E-state index contributed by atoms with van der Waals surface area (Å²) in [6.07, 6.45) is 1.20. The molecule has 1 aromatic rings. The van der Waals surface area contributed by atoms with Crippen LogP contribution in [0.5, 0.6) is 0 Å². The maximum Gasteiger partial charge on any atom is 0.394 e. The summed E-state index contributed by atoms with van der Waals surface area (Å²) in [7, 11) is 0. The first-order valence-corrected chi connectivity index (χ1v) is 5.60. The molecule has 0 unspecified atom stereocenters. The lowest BCUT2D eigenvalue weighted by Crippen LogP contribution is -2.46. The molecule has 1 aromatic carbocycles. The largest absolute Gasteiger partial charge is 0.474 e. The third-order valence-corrected chi connectivity index (χ3v) is 2.60. The first-order valence-electron chi connectivity index (χ1n) is 5.60. The van der Waals surface area contributed by atoms with E-state index in [1.54, 1.807) is 26.0 Å². The van der Waals surface area contributed by atoms with Gasteiger partial charge in [0.2, 0.25) is 0 Å². The van der Waals surface area contributed by atoms with Gasteiger partial charge in [0.05, 0.1) is 0 Å². The van der Waals surface area contributed by atoms with Gasteiger partial charge in [0.15, 0.2) is 0 Å². The van der Waals surface area contributed by atoms with Crippen LogP contribution < -0.4 is 5.32 Å². The molecule has 1 rings (SSSR count). The number of carboxylic acids is 1. The minimum atomic E-state index is -1.50. The molecule has 2 N–H and O–H groups in total. The Morgan fingerprint density at radius 2 is 1.83 bits per heavy atom. The maximum absolute atomic E-state index is 12.7. The number of hydrogen-bond acceptors (Lipinski definition) is 2. The Bertz CT molecular complexity index is 440. The van der Waals surface area contributed by atoms with Crippen LogP contribution in [0.25, 0.3) is 0 Å². The summed E-state index contributed by atoms with van der Waals surface area (Å²) in [6, 6.07) is 6.09. The van der Waals surface area contributed by atoms with Gasteiger partial charge in [-0.15, -0.1) is 0 Å². The van der Waals surface area contributed by atoms with Crippen molar-refractivity contribution in [1.82, 2.24) is 5.32 Å². The smallest absolute Gasteiger partial charge is 0.394 e. The average molecular weight is 253 g/mol. The van der Waals surface area contributed by atoms with Crippen LogP contribution in [0.2, 0.25) is 0 Å². The summed E-state index contributed by atoms with van der Waals surface area (Å²) in [4.78, 5) is 21.5. The average Bonchev–Trinajstić information content (AvgIpc) is 2.27. The Morgan fingerprint density at radius 1 is 1.28 bits per heavy atom. The maximum atomic E-state index is 12.7. The summed E-state index contributed by atoms with van der Waals surface area (Å²) >= 11 is 0. The second kappa shape index (κ2) is 5.62. The molecule has 0 fully saturated rings.